The van der Waals surface area contributed by atoms with Crippen molar-refractivity contribution in [2.75, 3.05) is 6.61 Å². The van der Waals surface area contributed by atoms with E-state index < -0.39 is 28.1 Å². The highest BCUT2D eigenvalue weighted by Gasteiger charge is 2.79. The Balaban J connectivity index is 2.33. The van der Waals surface area contributed by atoms with Gasteiger partial charge in [0, 0.05) is 5.41 Å². The van der Waals surface area contributed by atoms with Crippen molar-refractivity contribution in [1.82, 2.24) is 5.32 Å². The van der Waals surface area contributed by atoms with E-state index in [0.717, 1.165) is 5.56 Å². The normalized spacial score (nSPS) is 29.9. The van der Waals surface area contributed by atoms with Crippen molar-refractivity contribution in [2.45, 2.75) is 43.8 Å². The van der Waals surface area contributed by atoms with Crippen LogP contribution in [0.2, 0.25) is 0 Å². The fraction of sp³-hybridized carbons (Fsp3) is 0.409. The third-order valence-corrected chi connectivity index (χ3v) is 6.57. The Hall–Kier alpha value is -2.18. The van der Waals surface area contributed by atoms with Gasteiger partial charge in [0.15, 0.2) is 5.67 Å². The maximum Gasteiger partial charge on any atom is 0.312 e. The second kappa shape index (κ2) is 7.01. The average Bonchev–Trinajstić information content (AvgIpc) is 2.65. The van der Waals surface area contributed by atoms with Crippen molar-refractivity contribution in [3.63, 3.8) is 0 Å². The van der Waals surface area contributed by atoms with Gasteiger partial charge in [0.1, 0.15) is 16.0 Å². The van der Waals surface area contributed by atoms with Crippen molar-refractivity contribution >= 4 is 16.5 Å². The number of alkyl halides is 1. The Morgan fingerprint density at radius 1 is 1.11 bits per heavy atom. The molecule has 1 aliphatic rings. The molecule has 0 heterocycles. The third kappa shape index (κ3) is 2.70. The standard InChI is InChI=1S/C22H29FN2O2Si/c1-19(2,3)21(16-10-6-4-7-11-16)14-20(15-27-28,25-18(24)26)22(21,23)17-12-8-5-9-13-17/h4-13H,14-15H2,1-3,28H3,(H3,24,25,26). The van der Waals surface area contributed by atoms with Gasteiger partial charge >= 0.3 is 6.03 Å². The van der Waals surface area contributed by atoms with Gasteiger partial charge in [0.05, 0.1) is 6.61 Å². The first kappa shape index (κ1) is 20.5. The Morgan fingerprint density at radius 3 is 2.04 bits per heavy atom. The summed E-state index contributed by atoms with van der Waals surface area (Å²) >= 11 is 0. The zero-order valence-corrected chi connectivity index (χ0v) is 19.0. The summed E-state index contributed by atoms with van der Waals surface area (Å²) in [5.74, 6) is 0. The van der Waals surface area contributed by atoms with E-state index in [1.54, 1.807) is 12.1 Å². The number of primary amides is 1. The van der Waals surface area contributed by atoms with Crippen molar-refractivity contribution in [2.24, 2.45) is 11.1 Å². The first-order valence-corrected chi connectivity index (χ1v) is 10.3. The first-order valence-electron chi connectivity index (χ1n) is 9.51. The van der Waals surface area contributed by atoms with Gasteiger partial charge in [-0.25, -0.2) is 9.18 Å². The van der Waals surface area contributed by atoms with E-state index in [9.17, 15) is 4.79 Å². The van der Waals surface area contributed by atoms with Crippen LogP contribution in [-0.4, -0.2) is 28.7 Å². The molecule has 150 valence electrons. The average molecular weight is 401 g/mol. The summed E-state index contributed by atoms with van der Waals surface area (Å²) in [7, 11) is 0.435. The van der Waals surface area contributed by atoms with Crippen LogP contribution >= 0.6 is 0 Å². The number of carbonyl (C=O) groups excluding carboxylic acids is 1. The van der Waals surface area contributed by atoms with Crippen molar-refractivity contribution in [3.8, 4) is 0 Å². The molecule has 3 rings (SSSR count). The van der Waals surface area contributed by atoms with Gasteiger partial charge in [-0.15, -0.1) is 0 Å². The lowest BCUT2D eigenvalue weighted by atomic mass is 9.36. The van der Waals surface area contributed by atoms with Gasteiger partial charge in [-0.05, 0) is 23.0 Å². The van der Waals surface area contributed by atoms with Gasteiger partial charge < -0.3 is 15.5 Å². The van der Waals surface area contributed by atoms with Crippen LogP contribution in [0, 0.1) is 5.41 Å². The molecule has 2 amide bonds. The van der Waals surface area contributed by atoms with Crippen molar-refractivity contribution < 1.29 is 13.6 Å². The van der Waals surface area contributed by atoms with Crippen LogP contribution in [0.1, 0.15) is 38.3 Å². The highest BCUT2D eigenvalue weighted by atomic mass is 28.2. The number of nitrogens with two attached hydrogens (primary N) is 1. The summed E-state index contributed by atoms with van der Waals surface area (Å²) in [6, 6.07) is 18.1. The summed E-state index contributed by atoms with van der Waals surface area (Å²) in [6.07, 6.45) is 0.393. The van der Waals surface area contributed by atoms with E-state index in [-0.39, 0.29) is 6.61 Å². The molecule has 0 saturated heterocycles. The summed E-state index contributed by atoms with van der Waals surface area (Å²) in [6.45, 7) is 6.23. The number of amides is 2. The molecule has 1 fully saturated rings. The quantitative estimate of drug-likeness (QED) is 0.758. The van der Waals surface area contributed by atoms with Crippen molar-refractivity contribution in [3.05, 3.63) is 71.8 Å². The Labute approximate surface area is 169 Å². The lowest BCUT2D eigenvalue weighted by Crippen LogP contribution is -2.83. The summed E-state index contributed by atoms with van der Waals surface area (Å²) in [5, 5.41) is 2.74. The second-order valence-electron chi connectivity index (χ2n) is 8.73. The Kier molecular flexibility index (Phi) is 5.14. The highest BCUT2D eigenvalue weighted by molar-refractivity contribution is 5.98. The van der Waals surface area contributed by atoms with E-state index in [4.69, 9.17) is 10.2 Å². The van der Waals surface area contributed by atoms with Crippen LogP contribution in [0.25, 0.3) is 0 Å². The van der Waals surface area contributed by atoms with E-state index >= 15 is 4.39 Å². The molecule has 0 spiro atoms. The number of nitrogens with one attached hydrogen (secondary N) is 1. The fourth-order valence-corrected chi connectivity index (χ4v) is 5.72. The molecule has 3 unspecified atom stereocenters. The van der Waals surface area contributed by atoms with Crippen LogP contribution < -0.4 is 11.1 Å². The minimum absolute atomic E-state index is 0.0816. The topological polar surface area (TPSA) is 64.3 Å². The van der Waals surface area contributed by atoms with Gasteiger partial charge in [-0.2, -0.15) is 0 Å². The molecule has 1 aliphatic carbocycles. The number of urea groups is 1. The van der Waals surface area contributed by atoms with Crippen LogP contribution in [0.15, 0.2) is 60.7 Å². The summed E-state index contributed by atoms with van der Waals surface area (Å²) in [5.41, 5.74) is 2.48. The molecular weight excluding hydrogens is 371 g/mol. The molecule has 0 radical (unpaired) electrons. The third-order valence-electron chi connectivity index (χ3n) is 6.29. The number of benzene rings is 2. The molecule has 1 saturated carbocycles. The fourth-order valence-electron chi connectivity index (χ4n) is 5.23. The zero-order chi connectivity index (χ0) is 20.6. The summed E-state index contributed by atoms with van der Waals surface area (Å²) in [4.78, 5) is 11.9. The minimum atomic E-state index is -1.90. The molecule has 28 heavy (non-hydrogen) atoms. The van der Waals surface area contributed by atoms with E-state index in [1.165, 1.54) is 0 Å². The van der Waals surface area contributed by atoms with E-state index in [2.05, 4.69) is 5.32 Å². The number of halogens is 1. The van der Waals surface area contributed by atoms with Gasteiger partial charge in [0.2, 0.25) is 0 Å². The maximum atomic E-state index is 17.7. The second-order valence-corrected chi connectivity index (χ2v) is 9.30. The monoisotopic (exact) mass is 400 g/mol. The lowest BCUT2D eigenvalue weighted by Gasteiger charge is -2.71. The largest absolute Gasteiger partial charge is 0.425 e. The van der Waals surface area contributed by atoms with Gasteiger partial charge in [-0.3, -0.25) is 0 Å². The molecule has 4 nitrogen and oxygen atoms in total. The molecule has 0 bridgehead atoms. The van der Waals surface area contributed by atoms with Gasteiger partial charge in [0.25, 0.3) is 0 Å². The molecule has 0 aromatic heterocycles. The molecule has 6 heteroatoms. The number of hydrogen-bond acceptors (Lipinski definition) is 2. The van der Waals surface area contributed by atoms with E-state index in [0.29, 0.717) is 22.5 Å². The lowest BCUT2D eigenvalue weighted by molar-refractivity contribution is -0.204. The predicted molar refractivity (Wildman–Crippen MR) is 113 cm³/mol. The highest BCUT2D eigenvalue weighted by Crippen LogP contribution is 2.71. The smallest absolute Gasteiger partial charge is 0.312 e. The zero-order valence-electron chi connectivity index (χ0n) is 17.0. The molecule has 2 aromatic rings. The van der Waals surface area contributed by atoms with Gasteiger partial charge in [-0.1, -0.05) is 81.4 Å². The van der Waals surface area contributed by atoms with Crippen LogP contribution in [0.5, 0.6) is 0 Å². The summed E-state index contributed by atoms with van der Waals surface area (Å²) < 4.78 is 23.2. The number of rotatable bonds is 5. The Morgan fingerprint density at radius 2 is 1.61 bits per heavy atom. The van der Waals surface area contributed by atoms with E-state index in [1.807, 2.05) is 69.3 Å². The molecule has 0 aliphatic heterocycles. The molecule has 3 N–H and O–H groups in total. The first-order chi connectivity index (χ1) is 13.1. The minimum Gasteiger partial charge on any atom is -0.425 e. The van der Waals surface area contributed by atoms with Crippen LogP contribution in [0.4, 0.5) is 9.18 Å². The number of carbonyl (C=O) groups is 1. The molecule has 3 atom stereocenters. The number of hydrogen-bond donors (Lipinski definition) is 2. The van der Waals surface area contributed by atoms with Crippen LogP contribution in [-0.2, 0) is 15.5 Å². The maximum absolute atomic E-state index is 17.7. The Bertz CT molecular complexity index is 843. The molecule has 2 aromatic carbocycles. The SMILES string of the molecule is CC(C)(C)C1(c2ccccc2)CC(CO[SiH3])(NC(N)=O)C1(F)c1ccccc1. The van der Waals surface area contributed by atoms with Crippen molar-refractivity contribution in [1.29, 1.82) is 0 Å². The predicted octanol–water partition coefficient (Wildman–Crippen LogP) is 2.94. The van der Waals surface area contributed by atoms with Crippen LogP contribution in [0.3, 0.4) is 0 Å². The molecular formula is C22H29FN2O2Si.